The number of benzene rings is 2. The molecule has 2 aromatic carbocycles. The van der Waals surface area contributed by atoms with Crippen molar-refractivity contribution in [1.29, 1.82) is 0 Å². The van der Waals surface area contributed by atoms with Crippen molar-refractivity contribution in [2.24, 2.45) is 0 Å². The fourth-order valence-electron chi connectivity index (χ4n) is 3.91. The van der Waals surface area contributed by atoms with Crippen LogP contribution < -0.4 is 4.90 Å². The lowest BCUT2D eigenvalue weighted by atomic mass is 10.1. The molecule has 0 spiro atoms. The second-order valence-corrected chi connectivity index (χ2v) is 8.60. The summed E-state index contributed by atoms with van der Waals surface area (Å²) in [7, 11) is 0. The highest BCUT2D eigenvalue weighted by atomic mass is 35.5. The predicted octanol–water partition coefficient (Wildman–Crippen LogP) is 4.10. The number of hydrogen-bond donors (Lipinski definition) is 0. The van der Waals surface area contributed by atoms with E-state index in [0.29, 0.717) is 20.8 Å². The fraction of sp³-hybridized carbons (Fsp3) is 0.333. The Morgan fingerprint density at radius 3 is 2.31 bits per heavy atom. The summed E-state index contributed by atoms with van der Waals surface area (Å²) in [4.78, 5) is 31.1. The lowest BCUT2D eigenvalue weighted by Crippen LogP contribution is -2.52. The molecule has 0 radical (unpaired) electrons. The zero-order chi connectivity index (χ0) is 20.5. The van der Waals surface area contributed by atoms with Gasteiger partial charge in [-0.25, -0.2) is 4.90 Å². The monoisotopic (exact) mass is 451 g/mol. The molecule has 2 fully saturated rings. The van der Waals surface area contributed by atoms with E-state index in [1.807, 2.05) is 12.1 Å². The Hall–Kier alpha value is -1.63. The first-order valence-corrected chi connectivity index (χ1v) is 10.6. The van der Waals surface area contributed by atoms with Crippen LogP contribution in [0.4, 0.5) is 5.69 Å². The maximum absolute atomic E-state index is 13.0. The molecule has 4 rings (SSSR count). The van der Waals surface area contributed by atoms with E-state index < -0.39 is 6.04 Å². The van der Waals surface area contributed by atoms with Gasteiger partial charge in [0.15, 0.2) is 0 Å². The van der Waals surface area contributed by atoms with Gasteiger partial charge in [0.1, 0.15) is 0 Å². The number of halogens is 3. The number of hydrogen-bond acceptors (Lipinski definition) is 4. The maximum atomic E-state index is 13.0. The molecule has 2 aliphatic heterocycles. The molecule has 0 saturated carbocycles. The highest BCUT2D eigenvalue weighted by Crippen LogP contribution is 2.28. The molecule has 0 bridgehead atoms. The van der Waals surface area contributed by atoms with Crippen LogP contribution in [0, 0.1) is 0 Å². The standard InChI is InChI=1S/C21H20Cl3N3O2/c22-15-2-1-3-17(10-15)27-20(28)12-19(21(27)29)26-8-6-25(7-9-26)13-14-4-5-16(23)11-18(14)24/h1-5,10-11,19H,6-9,12-13H2/t19-/m0/s1. The van der Waals surface area contributed by atoms with E-state index in [1.165, 1.54) is 4.90 Å². The quantitative estimate of drug-likeness (QED) is 0.655. The van der Waals surface area contributed by atoms with E-state index in [9.17, 15) is 9.59 Å². The molecule has 29 heavy (non-hydrogen) atoms. The summed E-state index contributed by atoms with van der Waals surface area (Å²) in [6.45, 7) is 3.77. The zero-order valence-electron chi connectivity index (χ0n) is 15.7. The summed E-state index contributed by atoms with van der Waals surface area (Å²) in [6.07, 6.45) is 0.203. The molecule has 2 heterocycles. The predicted molar refractivity (Wildman–Crippen MR) is 116 cm³/mol. The largest absolute Gasteiger partial charge is 0.296 e. The van der Waals surface area contributed by atoms with Gasteiger partial charge in [-0.3, -0.25) is 19.4 Å². The molecule has 8 heteroatoms. The first kappa shape index (κ1) is 20.6. The highest BCUT2D eigenvalue weighted by molar-refractivity contribution is 6.35. The summed E-state index contributed by atoms with van der Waals surface area (Å²) < 4.78 is 0. The summed E-state index contributed by atoms with van der Waals surface area (Å²) in [5.41, 5.74) is 1.56. The number of nitrogens with zero attached hydrogens (tertiary/aromatic N) is 3. The van der Waals surface area contributed by atoms with Crippen molar-refractivity contribution in [3.8, 4) is 0 Å². The van der Waals surface area contributed by atoms with Crippen LogP contribution in [-0.2, 0) is 16.1 Å². The molecule has 1 atom stereocenters. The van der Waals surface area contributed by atoms with E-state index >= 15 is 0 Å². The Bertz CT molecular complexity index is 945. The van der Waals surface area contributed by atoms with Crippen molar-refractivity contribution < 1.29 is 9.59 Å². The lowest BCUT2D eigenvalue weighted by molar-refractivity contribution is -0.123. The fourth-order valence-corrected chi connectivity index (χ4v) is 4.56. The zero-order valence-corrected chi connectivity index (χ0v) is 17.9. The number of imide groups is 1. The van der Waals surface area contributed by atoms with Gasteiger partial charge in [0.05, 0.1) is 18.2 Å². The van der Waals surface area contributed by atoms with Crippen LogP contribution in [-0.4, -0.2) is 53.8 Å². The minimum absolute atomic E-state index is 0.175. The van der Waals surface area contributed by atoms with Gasteiger partial charge in [-0.2, -0.15) is 0 Å². The van der Waals surface area contributed by atoms with Crippen molar-refractivity contribution >= 4 is 52.3 Å². The molecule has 152 valence electrons. The van der Waals surface area contributed by atoms with Crippen LogP contribution in [0.5, 0.6) is 0 Å². The summed E-state index contributed by atoms with van der Waals surface area (Å²) >= 11 is 18.3. The van der Waals surface area contributed by atoms with E-state index in [-0.39, 0.29) is 18.2 Å². The van der Waals surface area contributed by atoms with Gasteiger partial charge in [0, 0.05) is 47.8 Å². The number of carbonyl (C=O) groups excluding carboxylic acids is 2. The average molecular weight is 453 g/mol. The first-order chi connectivity index (χ1) is 13.9. The van der Waals surface area contributed by atoms with Crippen molar-refractivity contribution in [3.63, 3.8) is 0 Å². The Kier molecular flexibility index (Phi) is 6.13. The highest BCUT2D eigenvalue weighted by Gasteiger charge is 2.43. The SMILES string of the molecule is O=C1C[C@H](N2CCN(Cc3ccc(Cl)cc3Cl)CC2)C(=O)N1c1cccc(Cl)c1. The van der Waals surface area contributed by atoms with Gasteiger partial charge in [-0.1, -0.05) is 46.9 Å². The Morgan fingerprint density at radius 1 is 0.897 bits per heavy atom. The molecule has 2 aliphatic rings. The number of carbonyl (C=O) groups is 2. The minimum atomic E-state index is -0.414. The van der Waals surface area contributed by atoms with E-state index in [2.05, 4.69) is 9.80 Å². The summed E-state index contributed by atoms with van der Waals surface area (Å²) in [5.74, 6) is -0.357. The Labute approximate surface area is 184 Å². The third kappa shape index (κ3) is 4.44. The molecule has 0 aliphatic carbocycles. The first-order valence-electron chi connectivity index (χ1n) is 9.45. The van der Waals surface area contributed by atoms with Crippen molar-refractivity contribution in [3.05, 3.63) is 63.1 Å². The van der Waals surface area contributed by atoms with Crippen LogP contribution in [0.1, 0.15) is 12.0 Å². The van der Waals surface area contributed by atoms with E-state index in [1.54, 1.807) is 30.3 Å². The maximum Gasteiger partial charge on any atom is 0.251 e. The third-order valence-corrected chi connectivity index (χ3v) is 6.27. The van der Waals surface area contributed by atoms with Gasteiger partial charge < -0.3 is 0 Å². The third-order valence-electron chi connectivity index (χ3n) is 5.45. The molecule has 2 aromatic rings. The van der Waals surface area contributed by atoms with Gasteiger partial charge in [-0.15, -0.1) is 0 Å². The molecular weight excluding hydrogens is 433 g/mol. The van der Waals surface area contributed by atoms with E-state index in [0.717, 1.165) is 38.3 Å². The molecular formula is C21H20Cl3N3O2. The minimum Gasteiger partial charge on any atom is -0.296 e. The molecule has 5 nitrogen and oxygen atoms in total. The van der Waals surface area contributed by atoms with Gasteiger partial charge in [0.25, 0.3) is 5.91 Å². The van der Waals surface area contributed by atoms with Gasteiger partial charge >= 0.3 is 0 Å². The molecule has 0 aromatic heterocycles. The lowest BCUT2D eigenvalue weighted by Gasteiger charge is -2.37. The van der Waals surface area contributed by atoms with Crippen LogP contribution in [0.25, 0.3) is 0 Å². The van der Waals surface area contributed by atoms with Crippen molar-refractivity contribution in [2.45, 2.75) is 19.0 Å². The van der Waals surface area contributed by atoms with Crippen LogP contribution in [0.15, 0.2) is 42.5 Å². The molecule has 0 N–H and O–H groups in total. The summed E-state index contributed by atoms with van der Waals surface area (Å²) in [6, 6.07) is 12.0. The normalized spacial score (nSPS) is 21.2. The molecule has 0 unspecified atom stereocenters. The second-order valence-electron chi connectivity index (χ2n) is 7.32. The van der Waals surface area contributed by atoms with Crippen molar-refractivity contribution in [2.75, 3.05) is 31.1 Å². The van der Waals surface area contributed by atoms with Crippen LogP contribution >= 0.6 is 34.8 Å². The topological polar surface area (TPSA) is 43.9 Å². The average Bonchev–Trinajstić information content (AvgIpc) is 2.99. The number of anilines is 1. The van der Waals surface area contributed by atoms with Crippen molar-refractivity contribution in [1.82, 2.24) is 9.80 Å². The van der Waals surface area contributed by atoms with Gasteiger partial charge in [0.2, 0.25) is 5.91 Å². The summed E-state index contributed by atoms with van der Waals surface area (Å²) in [5, 5.41) is 1.78. The number of piperazine rings is 1. The number of rotatable bonds is 4. The number of amides is 2. The van der Waals surface area contributed by atoms with Crippen LogP contribution in [0.2, 0.25) is 15.1 Å². The second kappa shape index (κ2) is 8.62. The smallest absolute Gasteiger partial charge is 0.251 e. The molecule has 2 saturated heterocycles. The molecule has 2 amide bonds. The Morgan fingerprint density at radius 2 is 1.62 bits per heavy atom. The van der Waals surface area contributed by atoms with Gasteiger partial charge in [-0.05, 0) is 35.9 Å². The van der Waals surface area contributed by atoms with E-state index in [4.69, 9.17) is 34.8 Å². The van der Waals surface area contributed by atoms with Crippen LogP contribution in [0.3, 0.4) is 0 Å². The Balaban J connectivity index is 1.38.